The number of halogens is 2. The second-order valence-electron chi connectivity index (χ2n) is 7.88. The van der Waals surface area contributed by atoms with Gasteiger partial charge in [-0.2, -0.15) is 5.26 Å². The molecule has 2 aromatic heterocycles. The average molecular weight is 556 g/mol. The zero-order chi connectivity index (χ0) is 19.3. The van der Waals surface area contributed by atoms with Crippen molar-refractivity contribution in [3.8, 4) is 6.07 Å². The number of pyridine rings is 1. The van der Waals surface area contributed by atoms with Crippen LogP contribution in [-0.2, 0) is 4.79 Å². The molecule has 0 spiro atoms. The van der Waals surface area contributed by atoms with Gasteiger partial charge < -0.3 is 0 Å². The molecule has 2 bridgehead atoms. The molecule has 4 fully saturated rings. The first-order valence-electron chi connectivity index (χ1n) is 9.73. The van der Waals surface area contributed by atoms with E-state index in [0.29, 0.717) is 39.2 Å². The summed E-state index contributed by atoms with van der Waals surface area (Å²) < 4.78 is 8.11. The molecular formula is C20H21BrIN4O2-. The van der Waals surface area contributed by atoms with E-state index in [1.165, 1.54) is 17.3 Å². The molecule has 1 N–H and O–H groups in total. The van der Waals surface area contributed by atoms with Crippen LogP contribution in [-0.4, -0.2) is 42.8 Å². The molecule has 2 aromatic rings. The van der Waals surface area contributed by atoms with E-state index in [9.17, 15) is 4.79 Å². The number of piperidine rings is 1. The molecule has 148 valence electrons. The summed E-state index contributed by atoms with van der Waals surface area (Å²) in [6.45, 7) is 1.01. The predicted molar refractivity (Wildman–Crippen MR) is 105 cm³/mol. The van der Waals surface area contributed by atoms with Crippen LogP contribution in [0, 0.1) is 17.2 Å². The summed E-state index contributed by atoms with van der Waals surface area (Å²) in [5.41, 5.74) is 0.621. The van der Waals surface area contributed by atoms with Crippen LogP contribution in [0.25, 0.3) is 11.0 Å². The number of carbonyl (C=O) groups excluding carboxylic acids is 1. The summed E-state index contributed by atoms with van der Waals surface area (Å²) in [5, 5.41) is 13.5. The Labute approximate surface area is 182 Å². The van der Waals surface area contributed by atoms with Crippen LogP contribution >= 0.6 is 15.9 Å². The normalized spacial score (nSPS) is 30.8. The maximum atomic E-state index is 12.0. The van der Waals surface area contributed by atoms with Crippen molar-refractivity contribution in [3.63, 3.8) is 0 Å². The number of hydrogen-bond donors (Lipinski definition) is 1. The first-order valence-corrected chi connectivity index (χ1v) is 13.3. The molecule has 3 aliphatic heterocycles. The van der Waals surface area contributed by atoms with Crippen molar-refractivity contribution in [3.05, 3.63) is 22.5 Å². The summed E-state index contributed by atoms with van der Waals surface area (Å²) in [5.74, 6) is 1.98. The zero-order valence-corrected chi connectivity index (χ0v) is 19.1. The number of fused-ring (bicyclic) bond motifs is 4. The molecule has 0 unspecified atom stereocenters. The van der Waals surface area contributed by atoms with Gasteiger partial charge in [0.25, 0.3) is 0 Å². The molecule has 1 aliphatic carbocycles. The zero-order valence-electron chi connectivity index (χ0n) is 15.3. The van der Waals surface area contributed by atoms with Crippen molar-refractivity contribution in [2.45, 2.75) is 48.2 Å². The fourth-order valence-electron chi connectivity index (χ4n) is 4.67. The van der Waals surface area contributed by atoms with Gasteiger partial charge in [0.05, 0.1) is 0 Å². The second kappa shape index (κ2) is 7.58. The van der Waals surface area contributed by atoms with Crippen LogP contribution in [0.15, 0.2) is 21.2 Å². The van der Waals surface area contributed by atoms with Crippen molar-refractivity contribution in [2.75, 3.05) is 16.3 Å². The van der Waals surface area contributed by atoms with Gasteiger partial charge in [0.15, 0.2) is 0 Å². The third-order valence-electron chi connectivity index (χ3n) is 6.20. The number of rotatable bonds is 3. The van der Waals surface area contributed by atoms with Crippen LogP contribution < -0.4 is 26.5 Å². The second-order valence-corrected chi connectivity index (χ2v) is 11.9. The Morgan fingerprint density at radius 2 is 2.18 bits per heavy atom. The minimum atomic E-state index is 0.172. The number of anilines is 1. The topological polar surface area (TPSA) is 82.2 Å². The summed E-state index contributed by atoms with van der Waals surface area (Å²) in [6, 6.07) is 4.83. The van der Waals surface area contributed by atoms with Crippen molar-refractivity contribution in [2.24, 2.45) is 5.92 Å². The van der Waals surface area contributed by atoms with Crippen molar-refractivity contribution >= 4 is 38.5 Å². The molecule has 4 aliphatic rings. The van der Waals surface area contributed by atoms with Crippen LogP contribution in [0.4, 0.5) is 5.82 Å². The fraction of sp³-hybridized carbons (Fsp3) is 0.550. The summed E-state index contributed by atoms with van der Waals surface area (Å²) in [7, 11) is 0. The van der Waals surface area contributed by atoms with Gasteiger partial charge in [-0.3, -0.25) is 0 Å². The van der Waals surface area contributed by atoms with E-state index >= 15 is 0 Å². The first-order chi connectivity index (χ1) is 13.6. The monoisotopic (exact) mass is 555 g/mol. The van der Waals surface area contributed by atoms with Crippen LogP contribution in [0.1, 0.15) is 37.9 Å². The summed E-state index contributed by atoms with van der Waals surface area (Å²) in [6.07, 6.45) is 7.10. The van der Waals surface area contributed by atoms with Gasteiger partial charge in [-0.25, -0.2) is 0 Å². The minimum absolute atomic E-state index is 0.172. The molecule has 0 aromatic carbocycles. The van der Waals surface area contributed by atoms with Gasteiger partial charge in [0, 0.05) is 0 Å². The van der Waals surface area contributed by atoms with Crippen LogP contribution in [0.5, 0.6) is 0 Å². The molecular weight excluding hydrogens is 535 g/mol. The van der Waals surface area contributed by atoms with E-state index in [0.717, 1.165) is 41.5 Å². The van der Waals surface area contributed by atoms with E-state index in [4.69, 9.17) is 9.68 Å². The van der Waals surface area contributed by atoms with Crippen LogP contribution in [0.3, 0.4) is 0 Å². The molecule has 2 atom stereocenters. The molecule has 0 amide bonds. The third-order valence-corrected chi connectivity index (χ3v) is 10.7. The molecule has 1 saturated carbocycles. The maximum absolute atomic E-state index is 12.0. The molecule has 6 rings (SSSR count). The van der Waals surface area contributed by atoms with Crippen molar-refractivity contribution in [1.29, 1.82) is 5.26 Å². The number of nitrogens with one attached hydrogen (secondary N) is 1. The Bertz CT molecular complexity index is 963. The Morgan fingerprint density at radius 1 is 1.36 bits per heavy atom. The number of carbonyl (C=O) groups is 1. The summed E-state index contributed by atoms with van der Waals surface area (Å²) >= 11 is 3.79. The number of hydrogen-bond acceptors (Lipinski definition) is 6. The molecule has 5 heterocycles. The van der Waals surface area contributed by atoms with Gasteiger partial charge in [-0.05, 0) is 0 Å². The number of nitrogens with zero attached hydrogens (tertiary/aromatic N) is 3. The molecule has 3 saturated heterocycles. The molecule has 6 nitrogen and oxygen atoms in total. The van der Waals surface area contributed by atoms with Gasteiger partial charge >= 0.3 is 172 Å². The van der Waals surface area contributed by atoms with Crippen LogP contribution in [0.2, 0.25) is 0 Å². The quantitative estimate of drug-likeness (QED) is 0.337. The standard InChI is InChI=1S/C20H21BrIN4O2/c21-19-15-5-14(8-23)28-17(15)9-24-20(19)25-12-1-3-13(4-2-12)26-10-11-7-22-18(26)6-16(11)27/h5,9,11-13,18H,1-4,6-7,10H2,(H,24,25)/q-1/t11-,12?,13?,18+/m1/s1. The van der Waals surface area contributed by atoms with Gasteiger partial charge in [0.2, 0.25) is 0 Å². The van der Waals surface area contributed by atoms with E-state index in [1.807, 2.05) is 6.07 Å². The molecule has 28 heavy (non-hydrogen) atoms. The number of aromatic nitrogens is 1. The Kier molecular flexibility index (Phi) is 5.09. The van der Waals surface area contributed by atoms with E-state index in [1.54, 1.807) is 12.3 Å². The number of nitriles is 1. The van der Waals surface area contributed by atoms with E-state index < -0.39 is 0 Å². The van der Waals surface area contributed by atoms with Crippen molar-refractivity contribution in [1.82, 2.24) is 9.88 Å². The third kappa shape index (κ3) is 3.35. The number of Topliss-reactive ketones (excluding diaryl/α,β-unsaturated/α-hetero) is 1. The SMILES string of the molecule is N#Cc1cc2c(Br)c(NC3CCC(N4C[C@H]5C[I-][C@@H]4CC5=O)CC3)ncc2o1. The van der Waals surface area contributed by atoms with Gasteiger partial charge in [-0.15, -0.1) is 0 Å². The molecule has 0 radical (unpaired) electrons. The predicted octanol–water partition coefficient (Wildman–Crippen LogP) is 0.505. The Morgan fingerprint density at radius 3 is 2.86 bits per heavy atom. The Hall–Kier alpha value is -1.18. The van der Waals surface area contributed by atoms with Gasteiger partial charge in [0.1, 0.15) is 6.07 Å². The molecule has 8 heteroatoms. The summed E-state index contributed by atoms with van der Waals surface area (Å²) in [4.78, 5) is 19.2. The van der Waals surface area contributed by atoms with Gasteiger partial charge in [-0.1, -0.05) is 0 Å². The van der Waals surface area contributed by atoms with E-state index in [2.05, 4.69) is 31.1 Å². The van der Waals surface area contributed by atoms with E-state index in [-0.39, 0.29) is 21.2 Å². The number of alkyl halides is 2. The fourth-order valence-corrected chi connectivity index (χ4v) is 9.10. The number of furan rings is 1. The average Bonchev–Trinajstić information content (AvgIpc) is 3.15. The Balaban J connectivity index is 1.23. The van der Waals surface area contributed by atoms with Crippen molar-refractivity contribution < 1.29 is 30.4 Å². The number of ketones is 1. The first kappa shape index (κ1) is 18.8.